The van der Waals surface area contributed by atoms with Crippen LogP contribution < -0.4 is 16.0 Å². The largest absolute Gasteiger partial charge is 0.451 e. The highest BCUT2D eigenvalue weighted by atomic mass is 16.5. The topological polar surface area (TPSA) is 114 Å². The van der Waals surface area contributed by atoms with Gasteiger partial charge in [0.2, 0.25) is 5.91 Å². The number of hydrogen-bond donors (Lipinski definition) is 3. The van der Waals surface area contributed by atoms with E-state index in [2.05, 4.69) is 16.0 Å². The molecule has 0 aliphatic heterocycles. The third-order valence-electron chi connectivity index (χ3n) is 3.04. The molecule has 8 nitrogen and oxygen atoms in total. The first-order valence-electron chi connectivity index (χ1n) is 8.21. The lowest BCUT2D eigenvalue weighted by atomic mass is 10.2. The maximum atomic E-state index is 12.1. The Morgan fingerprint density at radius 1 is 1.08 bits per heavy atom. The summed E-state index contributed by atoms with van der Waals surface area (Å²) in [7, 11) is 0. The summed E-state index contributed by atoms with van der Waals surface area (Å²) >= 11 is 0. The van der Waals surface area contributed by atoms with E-state index >= 15 is 0 Å². The minimum absolute atomic E-state index is 0.108. The molecular formula is C18H23N3O5. The number of amides is 4. The Hall–Kier alpha value is -3.16. The van der Waals surface area contributed by atoms with E-state index in [1.54, 1.807) is 24.3 Å². The van der Waals surface area contributed by atoms with Crippen molar-refractivity contribution in [3.05, 3.63) is 41.6 Å². The third kappa shape index (κ3) is 8.62. The number of nitrogens with one attached hydrogen (secondary N) is 3. The molecule has 0 heterocycles. The fourth-order valence-corrected chi connectivity index (χ4v) is 1.85. The van der Waals surface area contributed by atoms with Gasteiger partial charge in [-0.05, 0) is 18.1 Å². The van der Waals surface area contributed by atoms with Gasteiger partial charge < -0.3 is 15.4 Å². The fraction of sp³-hybridized carbons (Fsp3) is 0.333. The van der Waals surface area contributed by atoms with Gasteiger partial charge in [-0.3, -0.25) is 14.9 Å². The standard InChI is InChI=1S/C18H23N3O5/c1-3-4-10-19-18(25)21-16(23)12-26-17(24)15(20-13(2)22)11-14-8-6-5-7-9-14/h5-9,11H,3-4,10,12H2,1-2H3,(H,20,22)(H2,19,21,23,25)/b15-11-. The number of benzene rings is 1. The zero-order valence-corrected chi connectivity index (χ0v) is 14.8. The van der Waals surface area contributed by atoms with Crippen LogP contribution in [0.4, 0.5) is 4.79 Å². The van der Waals surface area contributed by atoms with Crippen LogP contribution in [-0.2, 0) is 19.1 Å². The van der Waals surface area contributed by atoms with E-state index in [0.29, 0.717) is 12.1 Å². The Kier molecular flexibility index (Phi) is 9.16. The molecule has 0 aliphatic carbocycles. The van der Waals surface area contributed by atoms with Gasteiger partial charge in [0.05, 0.1) is 0 Å². The first kappa shape index (κ1) is 20.9. The molecule has 3 N–H and O–H groups in total. The number of ether oxygens (including phenoxy) is 1. The molecule has 0 aromatic heterocycles. The van der Waals surface area contributed by atoms with E-state index in [1.165, 1.54) is 13.0 Å². The Balaban J connectivity index is 2.58. The summed E-state index contributed by atoms with van der Waals surface area (Å²) in [6.45, 7) is 3.02. The van der Waals surface area contributed by atoms with Crippen molar-refractivity contribution in [2.24, 2.45) is 0 Å². The zero-order valence-electron chi connectivity index (χ0n) is 14.8. The molecule has 0 spiro atoms. The van der Waals surface area contributed by atoms with E-state index in [1.807, 2.05) is 13.0 Å². The monoisotopic (exact) mass is 361 g/mol. The van der Waals surface area contributed by atoms with E-state index in [9.17, 15) is 19.2 Å². The highest BCUT2D eigenvalue weighted by Crippen LogP contribution is 2.06. The van der Waals surface area contributed by atoms with E-state index in [0.717, 1.165) is 12.8 Å². The summed E-state index contributed by atoms with van der Waals surface area (Å²) in [5.74, 6) is -2.11. The number of urea groups is 1. The lowest BCUT2D eigenvalue weighted by Gasteiger charge is -2.09. The smallest absolute Gasteiger partial charge is 0.355 e. The van der Waals surface area contributed by atoms with Crippen LogP contribution in [0.3, 0.4) is 0 Å². The van der Waals surface area contributed by atoms with Gasteiger partial charge in [0, 0.05) is 13.5 Å². The minimum atomic E-state index is -0.884. The van der Waals surface area contributed by atoms with Crippen molar-refractivity contribution in [1.82, 2.24) is 16.0 Å². The average Bonchev–Trinajstić information content (AvgIpc) is 2.60. The summed E-state index contributed by atoms with van der Waals surface area (Å²) in [4.78, 5) is 46.4. The second-order valence-electron chi connectivity index (χ2n) is 5.38. The van der Waals surface area contributed by atoms with Crippen molar-refractivity contribution < 1.29 is 23.9 Å². The van der Waals surface area contributed by atoms with Crippen LogP contribution in [0.2, 0.25) is 0 Å². The molecule has 0 radical (unpaired) electrons. The van der Waals surface area contributed by atoms with E-state index in [-0.39, 0.29) is 5.70 Å². The van der Waals surface area contributed by atoms with Gasteiger partial charge >= 0.3 is 12.0 Å². The highest BCUT2D eigenvalue weighted by Gasteiger charge is 2.16. The van der Waals surface area contributed by atoms with Gasteiger partial charge in [0.25, 0.3) is 5.91 Å². The number of rotatable bonds is 8. The van der Waals surface area contributed by atoms with Gasteiger partial charge in [-0.25, -0.2) is 9.59 Å². The first-order valence-corrected chi connectivity index (χ1v) is 8.21. The number of hydrogen-bond acceptors (Lipinski definition) is 5. The molecule has 4 amide bonds. The van der Waals surface area contributed by atoms with Gasteiger partial charge in [-0.1, -0.05) is 43.7 Å². The molecule has 0 bridgehead atoms. The normalized spacial score (nSPS) is 10.6. The number of imide groups is 1. The summed E-state index contributed by atoms with van der Waals surface area (Å²) in [5.41, 5.74) is 0.567. The summed E-state index contributed by atoms with van der Waals surface area (Å²) in [6.07, 6.45) is 3.13. The van der Waals surface area contributed by atoms with Crippen LogP contribution in [0, 0.1) is 0 Å². The van der Waals surface area contributed by atoms with Crippen LogP contribution >= 0.6 is 0 Å². The molecule has 1 aromatic rings. The van der Waals surface area contributed by atoms with Crippen LogP contribution in [-0.4, -0.2) is 37.0 Å². The van der Waals surface area contributed by atoms with Crippen molar-refractivity contribution in [2.75, 3.05) is 13.2 Å². The lowest BCUT2D eigenvalue weighted by Crippen LogP contribution is -2.42. The first-order chi connectivity index (χ1) is 12.4. The zero-order chi connectivity index (χ0) is 19.4. The Morgan fingerprint density at radius 3 is 2.38 bits per heavy atom. The second kappa shape index (κ2) is 11.4. The highest BCUT2D eigenvalue weighted by molar-refractivity contribution is 6.00. The maximum absolute atomic E-state index is 12.1. The Labute approximate surface area is 152 Å². The van der Waals surface area contributed by atoms with Gasteiger partial charge in [0.1, 0.15) is 5.70 Å². The van der Waals surface area contributed by atoms with Crippen molar-refractivity contribution in [3.63, 3.8) is 0 Å². The maximum Gasteiger partial charge on any atom is 0.355 e. The third-order valence-corrected chi connectivity index (χ3v) is 3.04. The Morgan fingerprint density at radius 2 is 1.77 bits per heavy atom. The summed E-state index contributed by atoms with van der Waals surface area (Å²) in [6, 6.07) is 8.18. The van der Waals surface area contributed by atoms with Gasteiger partial charge in [0.15, 0.2) is 6.61 Å². The molecule has 0 saturated carbocycles. The molecule has 0 fully saturated rings. The van der Waals surface area contributed by atoms with Crippen LogP contribution in [0.1, 0.15) is 32.3 Å². The predicted octanol–water partition coefficient (Wildman–Crippen LogP) is 1.33. The molecule has 0 aliphatic rings. The molecule has 1 rings (SSSR count). The Bertz CT molecular complexity index is 671. The van der Waals surface area contributed by atoms with Crippen LogP contribution in [0.25, 0.3) is 6.08 Å². The average molecular weight is 361 g/mol. The SMILES string of the molecule is CCCCNC(=O)NC(=O)COC(=O)/C(=C/c1ccccc1)NC(C)=O. The predicted molar refractivity (Wildman–Crippen MR) is 95.6 cm³/mol. The molecule has 0 unspecified atom stereocenters. The molecular weight excluding hydrogens is 338 g/mol. The lowest BCUT2D eigenvalue weighted by molar-refractivity contribution is -0.145. The minimum Gasteiger partial charge on any atom is -0.451 e. The van der Waals surface area contributed by atoms with E-state index < -0.39 is 30.4 Å². The summed E-state index contributed by atoms with van der Waals surface area (Å²) in [5, 5.41) is 6.92. The van der Waals surface area contributed by atoms with E-state index in [4.69, 9.17) is 4.74 Å². The molecule has 0 saturated heterocycles. The van der Waals surface area contributed by atoms with Crippen LogP contribution in [0.5, 0.6) is 0 Å². The molecule has 1 aromatic carbocycles. The van der Waals surface area contributed by atoms with Crippen molar-refractivity contribution in [1.29, 1.82) is 0 Å². The van der Waals surface area contributed by atoms with Crippen molar-refractivity contribution >= 4 is 29.9 Å². The van der Waals surface area contributed by atoms with Crippen molar-refractivity contribution in [3.8, 4) is 0 Å². The number of carbonyl (C=O) groups is 4. The number of esters is 1. The quantitative estimate of drug-likeness (QED) is 0.367. The van der Waals surface area contributed by atoms with Crippen molar-refractivity contribution in [2.45, 2.75) is 26.7 Å². The molecule has 8 heteroatoms. The fourth-order valence-electron chi connectivity index (χ4n) is 1.85. The molecule has 140 valence electrons. The van der Waals surface area contributed by atoms with Gasteiger partial charge in [-0.2, -0.15) is 0 Å². The second-order valence-corrected chi connectivity index (χ2v) is 5.38. The molecule has 26 heavy (non-hydrogen) atoms. The van der Waals surface area contributed by atoms with Crippen LogP contribution in [0.15, 0.2) is 36.0 Å². The molecule has 0 atom stereocenters. The number of carbonyl (C=O) groups excluding carboxylic acids is 4. The van der Waals surface area contributed by atoms with Gasteiger partial charge in [-0.15, -0.1) is 0 Å². The summed E-state index contributed by atoms with van der Waals surface area (Å²) < 4.78 is 4.85. The number of unbranched alkanes of at least 4 members (excludes halogenated alkanes) is 1.